The van der Waals surface area contributed by atoms with Gasteiger partial charge in [-0.15, -0.1) is 0 Å². The molecule has 502 valence electrons. The fourth-order valence-electron chi connectivity index (χ4n) is 10.8. The average Bonchev–Trinajstić information content (AvgIpc) is 1.55. The van der Waals surface area contributed by atoms with Crippen LogP contribution in [-0.2, 0) is 86.2 Å². The molecule has 2 fully saturated rings. The number of methoxy groups -OCH3 is 2. The van der Waals surface area contributed by atoms with E-state index in [1.165, 1.54) is 68.0 Å². The number of halogens is 1. The average molecular weight is 1300 g/mol. The van der Waals surface area contributed by atoms with Gasteiger partial charge in [0.1, 0.15) is 47.6 Å². The number of carbonyl (C=O) groups is 8. The third kappa shape index (κ3) is 18.7. The fourth-order valence-corrected chi connectivity index (χ4v) is 11.1. The molecule has 6 amide bonds. The molecular formula is C63H91ClN10O17. The summed E-state index contributed by atoms with van der Waals surface area (Å²) in [6.45, 7) is 11.4. The maximum absolute atomic E-state index is 15.1. The third-order valence-corrected chi connectivity index (χ3v) is 17.3. The molecule has 2 aromatic carbocycles. The Bertz CT molecular complexity index is 3140. The largest absolute Gasteiger partial charge is 0.495 e. The summed E-state index contributed by atoms with van der Waals surface area (Å²) >= 11 is 6.92. The molecule has 0 spiro atoms. The maximum atomic E-state index is 15.1. The van der Waals surface area contributed by atoms with Crippen molar-refractivity contribution in [2.24, 2.45) is 5.92 Å². The number of aromatic nitrogens is 1. The number of para-hydroxylation sites is 1. The first kappa shape index (κ1) is 72.8. The zero-order valence-electron chi connectivity index (χ0n) is 54.4. The summed E-state index contributed by atoms with van der Waals surface area (Å²) in [6, 6.07) is 10.9. The van der Waals surface area contributed by atoms with Crippen molar-refractivity contribution in [1.82, 2.24) is 46.1 Å². The molecular weight excluding hydrogens is 1200 g/mol. The lowest BCUT2D eigenvalue weighted by Crippen LogP contribution is -2.64. The number of benzene rings is 2. The molecule has 4 bridgehead atoms. The molecule has 6 rings (SSSR count). The number of hydrazine groups is 1. The molecule has 1 aromatic heterocycles. The highest BCUT2D eigenvalue weighted by atomic mass is 35.5. The quantitative estimate of drug-likeness (QED) is 0.0200. The van der Waals surface area contributed by atoms with Gasteiger partial charge in [0, 0.05) is 98.4 Å². The number of nitrogens with one attached hydrogen (secondary N) is 5. The number of alkyl carbamates (subject to hydrolysis) is 1. The molecule has 2 unspecified atom stereocenters. The van der Waals surface area contributed by atoms with E-state index in [1.807, 2.05) is 44.2 Å². The van der Waals surface area contributed by atoms with Crippen molar-refractivity contribution in [2.75, 3.05) is 107 Å². The van der Waals surface area contributed by atoms with Gasteiger partial charge in [0.25, 0.3) is 5.79 Å². The minimum Gasteiger partial charge on any atom is -0.495 e. The number of anilines is 1. The lowest BCUT2D eigenvalue weighted by Gasteiger charge is -2.42. The molecule has 0 aliphatic carbocycles. The Labute approximate surface area is 536 Å². The van der Waals surface area contributed by atoms with Crippen LogP contribution in [0.2, 0.25) is 5.02 Å². The molecule has 3 aliphatic rings. The molecule has 4 heterocycles. The van der Waals surface area contributed by atoms with Gasteiger partial charge in [-0.2, -0.15) is 0 Å². The van der Waals surface area contributed by atoms with Crippen LogP contribution in [0.1, 0.15) is 78.5 Å². The van der Waals surface area contributed by atoms with E-state index in [9.17, 15) is 38.7 Å². The van der Waals surface area contributed by atoms with Crippen LogP contribution in [0.25, 0.3) is 10.9 Å². The van der Waals surface area contributed by atoms with Gasteiger partial charge < -0.3 is 78.2 Å². The van der Waals surface area contributed by atoms with Crippen molar-refractivity contribution in [3.63, 3.8) is 0 Å². The predicted molar refractivity (Wildman–Crippen MR) is 336 cm³/mol. The Kier molecular flexibility index (Phi) is 26.3. The van der Waals surface area contributed by atoms with E-state index < -0.39 is 95.6 Å². The summed E-state index contributed by atoms with van der Waals surface area (Å²) in [4.78, 5) is 113. The number of epoxide rings is 1. The highest BCUT2D eigenvalue weighted by molar-refractivity contribution is 6.35. The van der Waals surface area contributed by atoms with Crippen LogP contribution in [0.5, 0.6) is 5.75 Å². The zero-order chi connectivity index (χ0) is 67.0. The number of nitrogens with zero attached hydrogens (tertiary/aromatic N) is 5. The van der Waals surface area contributed by atoms with Crippen LogP contribution in [0.4, 0.5) is 10.5 Å². The van der Waals surface area contributed by atoms with E-state index in [1.54, 1.807) is 37.3 Å². The number of hydrogen-bond acceptors (Lipinski definition) is 20. The van der Waals surface area contributed by atoms with Gasteiger partial charge in [0.05, 0.1) is 58.7 Å². The molecule has 0 radical (unpaired) electrons. The number of esters is 2. The van der Waals surface area contributed by atoms with Gasteiger partial charge in [-0.3, -0.25) is 34.7 Å². The van der Waals surface area contributed by atoms with E-state index in [0.717, 1.165) is 32.0 Å². The second-order valence-corrected chi connectivity index (χ2v) is 23.7. The topological polar surface area (TPSA) is 312 Å². The Morgan fingerprint density at radius 3 is 2.24 bits per heavy atom. The van der Waals surface area contributed by atoms with Crippen LogP contribution >= 0.6 is 11.6 Å². The smallest absolute Gasteiger partial charge is 0.409 e. The van der Waals surface area contributed by atoms with Gasteiger partial charge in [0.2, 0.25) is 29.5 Å². The highest BCUT2D eigenvalue weighted by Gasteiger charge is 2.74. The van der Waals surface area contributed by atoms with Crippen molar-refractivity contribution >= 4 is 75.8 Å². The maximum Gasteiger partial charge on any atom is 0.409 e. The standard InChI is InChI=1S/C63H91ClN10O17/c1-39-17-16-20-51(85-13)62(83)35-50(88-60(82)69-62)40(2)57-61(6,89-57)63(90-58(80)41(3)71(9)43(5)75,36-55(79)73(11)48-32-44(31-39)33-49(84-12)56(48)64)91-59(81)42(4)72(10)54(78)22-27-86-29-30-87-28-25-68-53(77)37-66-23-24-67-52(76)21-26-74-46(38-70(8)65-7)34-45-18-14-15-19-47(45)74/h14-20,32-34,40-42,50-51,57,65-66,83H,21-31,35-38H2,1-13H3,(H,67,76)(H,68,77)(H,69,82)/b20-16+,39-17+/t40-,41+,42?,50+,51?,57+,61-,62+,63-/m1/s1. The zero-order valence-corrected chi connectivity index (χ0v) is 55.2. The van der Waals surface area contributed by atoms with Crippen LogP contribution in [-0.4, -0.2) is 222 Å². The van der Waals surface area contributed by atoms with Gasteiger partial charge in [-0.1, -0.05) is 60.5 Å². The lowest BCUT2D eigenvalue weighted by atomic mass is 9.82. The summed E-state index contributed by atoms with van der Waals surface area (Å²) in [5, 5.41) is 26.4. The Balaban J connectivity index is 1.05. The van der Waals surface area contributed by atoms with Crippen molar-refractivity contribution in [2.45, 2.75) is 134 Å². The number of rotatable bonds is 28. The number of allylic oxidation sites excluding steroid dienone is 3. The first-order valence-corrected chi connectivity index (χ1v) is 30.7. The number of likely N-dealkylation sites (N-methyl/N-ethyl adjacent to an activating group) is 2. The molecule has 91 heavy (non-hydrogen) atoms. The van der Waals surface area contributed by atoms with Crippen LogP contribution < -0.4 is 36.3 Å². The van der Waals surface area contributed by atoms with Crippen molar-refractivity contribution < 1.29 is 81.4 Å². The second kappa shape index (κ2) is 32.9. The Morgan fingerprint density at radius 2 is 1.57 bits per heavy atom. The summed E-state index contributed by atoms with van der Waals surface area (Å²) in [7, 11) is 10.7. The molecule has 0 saturated carbocycles. The molecule has 28 heteroatoms. The number of aryl methyl sites for hydroxylation is 1. The molecule has 3 aliphatic heterocycles. The van der Waals surface area contributed by atoms with E-state index in [0.29, 0.717) is 44.6 Å². The minimum atomic E-state index is -2.70. The molecule has 6 N–H and O–H groups in total. The fraction of sp³-hybridized carbons (Fsp3) is 0.587. The third-order valence-electron chi connectivity index (χ3n) is 16.9. The molecule has 9 atom stereocenters. The van der Waals surface area contributed by atoms with Crippen molar-refractivity contribution in [3.05, 3.63) is 82.5 Å². The van der Waals surface area contributed by atoms with Gasteiger partial charge in [0.15, 0.2) is 11.3 Å². The lowest BCUT2D eigenvalue weighted by molar-refractivity contribution is -0.255. The number of aliphatic hydroxyl groups is 1. The van der Waals surface area contributed by atoms with Crippen LogP contribution in [0.3, 0.4) is 0 Å². The van der Waals surface area contributed by atoms with Crippen molar-refractivity contribution in [1.29, 1.82) is 0 Å². The normalized spacial score (nSPS) is 24.1. The SMILES string of the molecule is CNN(C)Cc1cc2ccccc2n1CCC(=O)NCCNCC(=O)NCCOCCOCCC(=O)N(C)C(C)C(=O)O[C@]1(OC(=O)[C@H](C)N(C)C(C)=O)CC(=O)N(C)c2cc(cc(OC)c2Cl)C/C(C)=C/C=C/C(OC)[C@@]2(O)C[C@H](OC(=O)N2)[C@@H](C)[C@@H]2O[C@]21C. The van der Waals surface area contributed by atoms with Crippen LogP contribution in [0, 0.1) is 5.92 Å². The summed E-state index contributed by atoms with van der Waals surface area (Å²) in [5.41, 5.74) is 2.95. The molecule has 27 nitrogen and oxygen atoms in total. The van der Waals surface area contributed by atoms with E-state index in [2.05, 4.69) is 43.4 Å². The summed E-state index contributed by atoms with van der Waals surface area (Å²) < 4.78 is 49.6. The highest BCUT2D eigenvalue weighted by Crippen LogP contribution is 2.55. The molecule has 3 aromatic rings. The Morgan fingerprint density at radius 1 is 0.901 bits per heavy atom. The first-order chi connectivity index (χ1) is 43.1. The second-order valence-electron chi connectivity index (χ2n) is 23.3. The van der Waals surface area contributed by atoms with E-state index in [-0.39, 0.29) is 80.6 Å². The van der Waals surface area contributed by atoms with Crippen LogP contribution in [0.15, 0.2) is 66.3 Å². The first-order valence-electron chi connectivity index (χ1n) is 30.3. The summed E-state index contributed by atoms with van der Waals surface area (Å²) in [5.74, 6) is -7.82. The molecule has 2 saturated heterocycles. The van der Waals surface area contributed by atoms with E-state index in [4.69, 9.17) is 49.5 Å². The Hall–Kier alpha value is -7.21. The monoisotopic (exact) mass is 1290 g/mol. The number of hydrogen-bond donors (Lipinski definition) is 6. The number of fused-ring (bicyclic) bond motifs is 6. The minimum absolute atomic E-state index is 0.0352. The summed E-state index contributed by atoms with van der Waals surface area (Å²) in [6.07, 6.45) is -0.0511. The van der Waals surface area contributed by atoms with Crippen molar-refractivity contribution in [3.8, 4) is 5.75 Å². The van der Waals surface area contributed by atoms with Gasteiger partial charge >= 0.3 is 18.0 Å². The number of amides is 6. The number of ether oxygens (including phenoxy) is 8. The van der Waals surface area contributed by atoms with Gasteiger partial charge in [-0.25, -0.2) is 19.4 Å². The number of carbonyl (C=O) groups excluding carboxylic acids is 8. The van der Waals surface area contributed by atoms with Gasteiger partial charge in [-0.05, 0) is 76.4 Å². The van der Waals surface area contributed by atoms with E-state index >= 15 is 4.79 Å². The predicted octanol–water partition coefficient (Wildman–Crippen LogP) is 3.11.